The Hall–Kier alpha value is -3.21. The molecule has 1 N–H and O–H groups in total. The number of aryl methyl sites for hydroxylation is 3. The van der Waals surface area contributed by atoms with Crippen LogP contribution in [-0.4, -0.2) is 23.3 Å². The van der Waals surface area contributed by atoms with E-state index in [9.17, 15) is 14.4 Å². The van der Waals surface area contributed by atoms with E-state index in [1.54, 1.807) is 24.3 Å². The minimum atomic E-state index is -0.692. The van der Waals surface area contributed by atoms with Crippen molar-refractivity contribution in [2.45, 2.75) is 20.8 Å². The molecular formula is C21H19NO4. The smallest absolute Gasteiger partial charge is 0.339 e. The number of carbonyl (C=O) groups excluding carboxylic acids is 2. The fourth-order valence-electron chi connectivity index (χ4n) is 3.27. The van der Waals surface area contributed by atoms with Crippen LogP contribution < -0.4 is 5.56 Å². The Morgan fingerprint density at radius 1 is 1.00 bits per heavy atom. The number of carbonyl (C=O) groups is 2. The molecule has 0 bridgehead atoms. The summed E-state index contributed by atoms with van der Waals surface area (Å²) in [5, 5.41) is 0.576. The van der Waals surface area contributed by atoms with Gasteiger partial charge in [0.2, 0.25) is 11.3 Å². The zero-order valence-corrected chi connectivity index (χ0v) is 14.9. The maximum absolute atomic E-state index is 12.5. The number of benzene rings is 2. The van der Waals surface area contributed by atoms with Crippen LogP contribution in [0.1, 0.15) is 37.4 Å². The Balaban J connectivity index is 1.84. The largest absolute Gasteiger partial charge is 0.454 e. The first-order valence-electron chi connectivity index (χ1n) is 8.27. The fourth-order valence-corrected chi connectivity index (χ4v) is 3.27. The summed E-state index contributed by atoms with van der Waals surface area (Å²) in [5.74, 6) is -0.953. The van der Waals surface area contributed by atoms with Gasteiger partial charge in [-0.3, -0.25) is 9.59 Å². The molecule has 0 fully saturated rings. The van der Waals surface area contributed by atoms with Crippen molar-refractivity contribution in [2.24, 2.45) is 0 Å². The van der Waals surface area contributed by atoms with Crippen molar-refractivity contribution in [2.75, 3.05) is 6.61 Å². The molecule has 5 nitrogen and oxygen atoms in total. The molecule has 0 aliphatic heterocycles. The Labute approximate surface area is 150 Å². The molecule has 1 aromatic heterocycles. The van der Waals surface area contributed by atoms with Gasteiger partial charge in [0.25, 0.3) is 0 Å². The standard InChI is InChI=1S/C21H19NO4/c1-12-8-13(2)20(14(3)9-12)18(23)11-26-21(25)16-10-19(24)22-17-7-5-4-6-15(16)17/h4-10H,11H2,1-3H3,(H,22,24). The number of aromatic amines is 1. The van der Waals surface area contributed by atoms with Crippen LogP contribution in [0.5, 0.6) is 0 Å². The number of nitrogens with one attached hydrogen (secondary N) is 1. The van der Waals surface area contributed by atoms with Crippen molar-refractivity contribution >= 4 is 22.7 Å². The molecule has 0 radical (unpaired) electrons. The molecule has 1 heterocycles. The van der Waals surface area contributed by atoms with E-state index >= 15 is 0 Å². The number of Topliss-reactive ketones (excluding diaryl/α,β-unsaturated/α-hetero) is 1. The van der Waals surface area contributed by atoms with Gasteiger partial charge in [0, 0.05) is 22.5 Å². The fraction of sp³-hybridized carbons (Fsp3) is 0.190. The van der Waals surface area contributed by atoms with Gasteiger partial charge in [-0.2, -0.15) is 0 Å². The SMILES string of the molecule is Cc1cc(C)c(C(=O)COC(=O)c2cc(=O)[nH]c3ccccc23)c(C)c1. The van der Waals surface area contributed by atoms with Crippen LogP contribution in [0.15, 0.2) is 47.3 Å². The molecule has 132 valence electrons. The lowest BCUT2D eigenvalue weighted by molar-refractivity contribution is 0.0476. The van der Waals surface area contributed by atoms with Crippen molar-refractivity contribution < 1.29 is 14.3 Å². The number of ether oxygens (including phenoxy) is 1. The number of para-hydroxylation sites is 1. The van der Waals surface area contributed by atoms with Crippen molar-refractivity contribution in [1.82, 2.24) is 4.98 Å². The normalized spacial score (nSPS) is 10.7. The van der Waals surface area contributed by atoms with Crippen LogP contribution in [0.2, 0.25) is 0 Å². The molecule has 0 saturated carbocycles. The zero-order chi connectivity index (χ0) is 18.8. The highest BCUT2D eigenvalue weighted by molar-refractivity contribution is 6.05. The highest BCUT2D eigenvalue weighted by Crippen LogP contribution is 2.18. The monoisotopic (exact) mass is 349 g/mol. The van der Waals surface area contributed by atoms with Crippen molar-refractivity contribution in [3.05, 3.63) is 80.6 Å². The molecule has 0 spiro atoms. The first-order chi connectivity index (χ1) is 12.4. The van der Waals surface area contributed by atoms with Gasteiger partial charge < -0.3 is 9.72 Å². The predicted molar refractivity (Wildman–Crippen MR) is 99.8 cm³/mol. The molecule has 2 aromatic carbocycles. The molecular weight excluding hydrogens is 330 g/mol. The molecule has 5 heteroatoms. The topological polar surface area (TPSA) is 76.2 Å². The lowest BCUT2D eigenvalue weighted by Gasteiger charge is -2.11. The first kappa shape index (κ1) is 17.6. The molecule has 0 aliphatic rings. The second kappa shape index (κ2) is 6.96. The number of H-pyrrole nitrogens is 1. The summed E-state index contributed by atoms with van der Waals surface area (Å²) in [6.07, 6.45) is 0. The van der Waals surface area contributed by atoms with Crippen molar-refractivity contribution in [3.63, 3.8) is 0 Å². The van der Waals surface area contributed by atoms with E-state index in [0.717, 1.165) is 16.7 Å². The number of aromatic nitrogens is 1. The summed E-state index contributed by atoms with van der Waals surface area (Å²) in [6.45, 7) is 5.32. The van der Waals surface area contributed by atoms with Gasteiger partial charge in [0.05, 0.1) is 5.56 Å². The lowest BCUT2D eigenvalue weighted by atomic mass is 9.97. The average Bonchev–Trinajstić information content (AvgIpc) is 2.58. The zero-order valence-electron chi connectivity index (χ0n) is 14.9. The van der Waals surface area contributed by atoms with Crippen LogP contribution >= 0.6 is 0 Å². The Morgan fingerprint density at radius 3 is 2.35 bits per heavy atom. The summed E-state index contributed by atoms with van der Waals surface area (Å²) in [7, 11) is 0. The van der Waals surface area contributed by atoms with Crippen LogP contribution in [0, 0.1) is 20.8 Å². The minimum Gasteiger partial charge on any atom is -0.454 e. The van der Waals surface area contributed by atoms with Gasteiger partial charge in [-0.05, 0) is 38.0 Å². The first-order valence-corrected chi connectivity index (χ1v) is 8.27. The third-order valence-electron chi connectivity index (χ3n) is 4.26. The number of pyridine rings is 1. The number of fused-ring (bicyclic) bond motifs is 1. The molecule has 3 aromatic rings. The van der Waals surface area contributed by atoms with E-state index < -0.39 is 11.5 Å². The summed E-state index contributed by atoms with van der Waals surface area (Å²) in [4.78, 5) is 39.4. The second-order valence-electron chi connectivity index (χ2n) is 6.37. The third kappa shape index (κ3) is 3.42. The quantitative estimate of drug-likeness (QED) is 0.578. The van der Waals surface area contributed by atoms with Crippen molar-refractivity contribution in [3.8, 4) is 0 Å². The summed E-state index contributed by atoms with van der Waals surface area (Å²) >= 11 is 0. The van der Waals surface area contributed by atoms with E-state index in [0.29, 0.717) is 16.5 Å². The Morgan fingerprint density at radius 2 is 1.65 bits per heavy atom. The third-order valence-corrected chi connectivity index (χ3v) is 4.26. The van der Waals surface area contributed by atoms with Gasteiger partial charge in [0.15, 0.2) is 6.61 Å². The van der Waals surface area contributed by atoms with E-state index in [1.165, 1.54) is 6.07 Å². The number of hydrogen-bond donors (Lipinski definition) is 1. The van der Waals surface area contributed by atoms with Gasteiger partial charge in [-0.25, -0.2) is 4.79 Å². The molecule has 0 aliphatic carbocycles. The van der Waals surface area contributed by atoms with Gasteiger partial charge in [-0.1, -0.05) is 35.9 Å². The van der Waals surface area contributed by atoms with E-state index in [2.05, 4.69) is 4.98 Å². The molecule has 26 heavy (non-hydrogen) atoms. The lowest BCUT2D eigenvalue weighted by Crippen LogP contribution is -2.18. The van der Waals surface area contributed by atoms with Gasteiger partial charge in [-0.15, -0.1) is 0 Å². The maximum atomic E-state index is 12.5. The maximum Gasteiger partial charge on any atom is 0.339 e. The minimum absolute atomic E-state index is 0.148. The van der Waals surface area contributed by atoms with Crippen LogP contribution in [0.3, 0.4) is 0 Å². The summed E-state index contributed by atoms with van der Waals surface area (Å²) in [6, 6.07) is 12.0. The number of ketones is 1. The predicted octanol–water partition coefficient (Wildman–Crippen LogP) is 3.49. The second-order valence-corrected chi connectivity index (χ2v) is 6.37. The molecule has 3 rings (SSSR count). The molecule has 0 atom stereocenters. The molecule has 0 saturated heterocycles. The molecule has 0 amide bonds. The number of rotatable bonds is 4. The van der Waals surface area contributed by atoms with Gasteiger partial charge >= 0.3 is 5.97 Å². The van der Waals surface area contributed by atoms with Crippen LogP contribution in [0.4, 0.5) is 0 Å². The Bertz CT molecular complexity index is 1060. The average molecular weight is 349 g/mol. The number of esters is 1. The number of hydrogen-bond acceptors (Lipinski definition) is 4. The van der Waals surface area contributed by atoms with Crippen molar-refractivity contribution in [1.29, 1.82) is 0 Å². The Kier molecular flexibility index (Phi) is 4.71. The van der Waals surface area contributed by atoms with Crippen LogP contribution in [-0.2, 0) is 4.74 Å². The van der Waals surface area contributed by atoms with Crippen LogP contribution in [0.25, 0.3) is 10.9 Å². The van der Waals surface area contributed by atoms with E-state index in [1.807, 2.05) is 32.9 Å². The highest BCUT2D eigenvalue weighted by Gasteiger charge is 2.18. The summed E-state index contributed by atoms with van der Waals surface area (Å²) in [5.41, 5.74) is 3.64. The highest BCUT2D eigenvalue weighted by atomic mass is 16.5. The van der Waals surface area contributed by atoms with E-state index in [-0.39, 0.29) is 18.0 Å². The van der Waals surface area contributed by atoms with E-state index in [4.69, 9.17) is 4.74 Å². The van der Waals surface area contributed by atoms with Gasteiger partial charge in [0.1, 0.15) is 0 Å². The molecule has 0 unspecified atom stereocenters. The summed E-state index contributed by atoms with van der Waals surface area (Å²) < 4.78 is 5.21.